The lowest BCUT2D eigenvalue weighted by molar-refractivity contribution is -0.131. The van der Waals surface area contributed by atoms with Crippen molar-refractivity contribution in [3.8, 4) is 0 Å². The van der Waals surface area contributed by atoms with E-state index in [-0.39, 0.29) is 17.7 Å². The first-order valence-electron chi connectivity index (χ1n) is 2.97. The molecule has 0 heterocycles. The lowest BCUT2D eigenvalue weighted by atomic mass is 10.2. The van der Waals surface area contributed by atoms with Crippen LogP contribution in [0.4, 0.5) is 0 Å². The number of alkyl halides is 1. The van der Waals surface area contributed by atoms with Gasteiger partial charge in [0.1, 0.15) is 5.88 Å². The Kier molecular flexibility index (Phi) is 4.03. The van der Waals surface area contributed by atoms with Gasteiger partial charge in [0.05, 0.1) is 0 Å². The van der Waals surface area contributed by atoms with E-state index < -0.39 is 5.91 Å². The molecule has 0 aromatic heterocycles. The lowest BCUT2D eigenvalue weighted by Crippen LogP contribution is -2.34. The van der Waals surface area contributed by atoms with Gasteiger partial charge < -0.3 is 0 Å². The van der Waals surface area contributed by atoms with Crippen LogP contribution in [0.2, 0.25) is 0 Å². The molecular weight excluding hydrogens is 154 g/mol. The predicted octanol–water partition coefficient (Wildman–Crippen LogP) is 0.524. The Labute approximate surface area is 64.7 Å². The topological polar surface area (TPSA) is 46.2 Å². The summed E-state index contributed by atoms with van der Waals surface area (Å²) < 4.78 is 0. The van der Waals surface area contributed by atoms with E-state index in [2.05, 4.69) is 5.32 Å². The number of nitrogens with one attached hydrogen (secondary N) is 1. The second-order valence-electron chi connectivity index (χ2n) is 2.20. The second kappa shape index (κ2) is 4.28. The molecule has 0 saturated heterocycles. The highest BCUT2D eigenvalue weighted by Gasteiger charge is 2.09. The molecule has 0 saturated carbocycles. The minimum atomic E-state index is -0.444. The van der Waals surface area contributed by atoms with E-state index in [0.717, 1.165) is 0 Å². The van der Waals surface area contributed by atoms with Crippen molar-refractivity contribution in [2.24, 2.45) is 5.92 Å². The number of amides is 2. The Morgan fingerprint density at radius 3 is 2.30 bits per heavy atom. The number of halogens is 1. The van der Waals surface area contributed by atoms with Crippen molar-refractivity contribution in [2.45, 2.75) is 13.8 Å². The minimum absolute atomic E-state index is 0.168. The van der Waals surface area contributed by atoms with Crippen molar-refractivity contribution in [3.63, 3.8) is 0 Å². The highest BCUT2D eigenvalue weighted by atomic mass is 35.5. The quantitative estimate of drug-likeness (QED) is 0.604. The fourth-order valence-electron chi connectivity index (χ4n) is 0.315. The maximum absolute atomic E-state index is 10.7. The van der Waals surface area contributed by atoms with Crippen molar-refractivity contribution in [1.82, 2.24) is 5.32 Å². The van der Waals surface area contributed by atoms with Gasteiger partial charge in [0.2, 0.25) is 11.8 Å². The number of hydrogen-bond acceptors (Lipinski definition) is 2. The van der Waals surface area contributed by atoms with E-state index in [1.165, 1.54) is 0 Å². The van der Waals surface area contributed by atoms with Crippen LogP contribution in [0.1, 0.15) is 13.8 Å². The Bertz CT molecular complexity index is 145. The molecule has 0 fully saturated rings. The van der Waals surface area contributed by atoms with Gasteiger partial charge in [0, 0.05) is 5.92 Å². The molecule has 0 aromatic rings. The maximum Gasteiger partial charge on any atom is 0.241 e. The van der Waals surface area contributed by atoms with Crippen molar-refractivity contribution >= 4 is 23.4 Å². The van der Waals surface area contributed by atoms with Crippen molar-refractivity contribution in [2.75, 3.05) is 5.88 Å². The molecule has 0 aliphatic carbocycles. The van der Waals surface area contributed by atoms with Crippen LogP contribution in [0.25, 0.3) is 0 Å². The van der Waals surface area contributed by atoms with Gasteiger partial charge >= 0.3 is 0 Å². The molecule has 0 bridgehead atoms. The fraction of sp³-hybridized carbons (Fsp3) is 0.667. The van der Waals surface area contributed by atoms with E-state index in [1.807, 2.05) is 0 Å². The Hall–Kier alpha value is -0.570. The molecule has 2 amide bonds. The van der Waals surface area contributed by atoms with E-state index in [4.69, 9.17) is 11.6 Å². The zero-order valence-electron chi connectivity index (χ0n) is 5.98. The summed E-state index contributed by atoms with van der Waals surface area (Å²) in [6, 6.07) is 0. The molecular formula is C6H10ClNO2. The summed E-state index contributed by atoms with van der Waals surface area (Å²) in [4.78, 5) is 21.2. The second-order valence-corrected chi connectivity index (χ2v) is 2.47. The number of carbonyl (C=O) groups excluding carboxylic acids is 2. The molecule has 0 aromatic carbocycles. The van der Waals surface area contributed by atoms with E-state index >= 15 is 0 Å². The molecule has 10 heavy (non-hydrogen) atoms. The summed E-state index contributed by atoms with van der Waals surface area (Å²) in [5, 5.41) is 2.12. The van der Waals surface area contributed by atoms with Gasteiger partial charge in [0.15, 0.2) is 0 Å². The van der Waals surface area contributed by atoms with Crippen LogP contribution in [0.5, 0.6) is 0 Å². The van der Waals surface area contributed by atoms with Crippen LogP contribution in [-0.2, 0) is 9.59 Å². The number of rotatable bonds is 2. The van der Waals surface area contributed by atoms with Crippen molar-refractivity contribution in [3.05, 3.63) is 0 Å². The largest absolute Gasteiger partial charge is 0.295 e. The van der Waals surface area contributed by atoms with Gasteiger partial charge in [-0.2, -0.15) is 0 Å². The highest BCUT2D eigenvalue weighted by molar-refractivity contribution is 6.28. The van der Waals surface area contributed by atoms with Crippen LogP contribution >= 0.6 is 11.6 Å². The SMILES string of the molecule is CC(C)C(=O)NC(=O)CCl. The fourth-order valence-corrected chi connectivity index (χ4v) is 0.382. The zero-order valence-corrected chi connectivity index (χ0v) is 6.73. The van der Waals surface area contributed by atoms with E-state index in [1.54, 1.807) is 13.8 Å². The average Bonchev–Trinajstić information content (AvgIpc) is 1.87. The third-order valence-electron chi connectivity index (χ3n) is 0.908. The normalized spacial score (nSPS) is 9.60. The first-order chi connectivity index (χ1) is 4.57. The molecule has 0 unspecified atom stereocenters. The third kappa shape index (κ3) is 3.45. The van der Waals surface area contributed by atoms with Gasteiger partial charge in [-0.05, 0) is 0 Å². The van der Waals surface area contributed by atoms with Gasteiger partial charge in [-0.15, -0.1) is 11.6 Å². The summed E-state index contributed by atoms with van der Waals surface area (Å²) in [5.41, 5.74) is 0. The predicted molar refractivity (Wildman–Crippen MR) is 38.7 cm³/mol. The first-order valence-corrected chi connectivity index (χ1v) is 3.51. The maximum atomic E-state index is 10.7. The Balaban J connectivity index is 3.69. The molecule has 4 heteroatoms. The van der Waals surface area contributed by atoms with Crippen LogP contribution in [0, 0.1) is 5.92 Å². The van der Waals surface area contributed by atoms with Crippen molar-refractivity contribution < 1.29 is 9.59 Å². The smallest absolute Gasteiger partial charge is 0.241 e. The van der Waals surface area contributed by atoms with Crippen LogP contribution in [-0.4, -0.2) is 17.7 Å². The van der Waals surface area contributed by atoms with E-state index in [0.29, 0.717) is 0 Å². The monoisotopic (exact) mass is 163 g/mol. The summed E-state index contributed by atoms with van der Waals surface area (Å²) in [7, 11) is 0. The summed E-state index contributed by atoms with van der Waals surface area (Å²) in [6.07, 6.45) is 0. The number of imide groups is 1. The molecule has 0 atom stereocenters. The van der Waals surface area contributed by atoms with Gasteiger partial charge in [0.25, 0.3) is 0 Å². The molecule has 0 aliphatic rings. The van der Waals surface area contributed by atoms with Crippen molar-refractivity contribution in [1.29, 1.82) is 0 Å². The van der Waals surface area contributed by atoms with E-state index in [9.17, 15) is 9.59 Å². The first kappa shape index (κ1) is 9.43. The standard InChI is InChI=1S/C6H10ClNO2/c1-4(2)6(10)8-5(9)3-7/h4H,3H2,1-2H3,(H,8,9,10). The molecule has 0 spiro atoms. The molecule has 1 N–H and O–H groups in total. The van der Waals surface area contributed by atoms with Gasteiger partial charge in [-0.25, -0.2) is 0 Å². The molecule has 58 valence electrons. The molecule has 3 nitrogen and oxygen atoms in total. The summed E-state index contributed by atoms with van der Waals surface area (Å²) >= 11 is 5.14. The van der Waals surface area contributed by atoms with Crippen LogP contribution < -0.4 is 5.32 Å². The number of carbonyl (C=O) groups is 2. The summed E-state index contributed by atoms with van der Waals surface area (Å²) in [5.74, 6) is -1.07. The summed E-state index contributed by atoms with van der Waals surface area (Å²) in [6.45, 7) is 3.41. The molecule has 0 aliphatic heterocycles. The Morgan fingerprint density at radius 2 is 2.00 bits per heavy atom. The van der Waals surface area contributed by atoms with Gasteiger partial charge in [-0.1, -0.05) is 13.8 Å². The number of hydrogen-bond donors (Lipinski definition) is 1. The molecule has 0 rings (SSSR count). The minimum Gasteiger partial charge on any atom is -0.295 e. The van der Waals surface area contributed by atoms with Crippen LogP contribution in [0.3, 0.4) is 0 Å². The molecule has 0 radical (unpaired) electrons. The lowest BCUT2D eigenvalue weighted by Gasteiger charge is -2.02. The van der Waals surface area contributed by atoms with Gasteiger partial charge in [-0.3, -0.25) is 14.9 Å². The third-order valence-corrected chi connectivity index (χ3v) is 1.15. The highest BCUT2D eigenvalue weighted by Crippen LogP contribution is 1.90. The van der Waals surface area contributed by atoms with Crippen LogP contribution in [0.15, 0.2) is 0 Å². The zero-order chi connectivity index (χ0) is 8.15. The Morgan fingerprint density at radius 1 is 1.50 bits per heavy atom. The average molecular weight is 164 g/mol.